The van der Waals surface area contributed by atoms with Crippen LogP contribution in [0.3, 0.4) is 0 Å². The summed E-state index contributed by atoms with van der Waals surface area (Å²) >= 11 is 0. The van der Waals surface area contributed by atoms with Gasteiger partial charge in [0.2, 0.25) is 5.78 Å². The molecule has 2 fully saturated rings. The van der Waals surface area contributed by atoms with Gasteiger partial charge in [0, 0.05) is 0 Å². The lowest BCUT2D eigenvalue weighted by atomic mass is 10.1. The minimum atomic E-state index is -1.30. The number of imidazole rings is 2. The molecule has 9 atom stereocenters. The van der Waals surface area contributed by atoms with Gasteiger partial charge in [0.1, 0.15) is 54.3 Å². The molecular formula is C22H30N10O10. The van der Waals surface area contributed by atoms with E-state index in [-0.39, 0.29) is 40.9 Å². The van der Waals surface area contributed by atoms with E-state index in [1.807, 2.05) is 0 Å². The Morgan fingerprint density at radius 2 is 1.48 bits per heavy atom. The predicted molar refractivity (Wildman–Crippen MR) is 138 cm³/mol. The number of Topliss-reactive ketones (excluding diaryl/α,β-unsaturated/α-hetero) is 1. The number of hydrogen-bond acceptors (Lipinski definition) is 17. The molecule has 0 bridgehead atoms. The molecule has 13 N–H and O–H groups in total. The number of aliphatic hydroxyl groups is 6. The number of amidine groups is 1. The molecule has 42 heavy (non-hydrogen) atoms. The fourth-order valence-electron chi connectivity index (χ4n) is 4.77. The number of aromatic nitrogens is 6. The average molecular weight is 595 g/mol. The van der Waals surface area contributed by atoms with Gasteiger partial charge < -0.3 is 62.3 Å². The van der Waals surface area contributed by atoms with Crippen molar-refractivity contribution >= 4 is 28.6 Å². The first-order chi connectivity index (χ1) is 20.0. The molecule has 6 rings (SSSR count). The van der Waals surface area contributed by atoms with E-state index in [0.29, 0.717) is 0 Å². The van der Waals surface area contributed by atoms with Crippen LogP contribution in [0.4, 0.5) is 5.82 Å². The molecule has 228 valence electrons. The van der Waals surface area contributed by atoms with Gasteiger partial charge >= 0.3 is 0 Å². The van der Waals surface area contributed by atoms with Crippen LogP contribution in [0, 0.1) is 0 Å². The second-order valence-electron chi connectivity index (χ2n) is 9.70. The number of fused-ring (bicyclic) bond motifs is 2. The number of carbonyl (C=O) groups is 1. The summed E-state index contributed by atoms with van der Waals surface area (Å²) in [6.07, 6.45) is -6.44. The molecule has 20 nitrogen and oxygen atoms in total. The number of nitrogens with one attached hydrogen (secondary N) is 1. The number of ether oxygens (including phenoxy) is 2. The molecule has 0 amide bonds. The highest BCUT2D eigenvalue weighted by atomic mass is 16.6. The zero-order valence-electron chi connectivity index (χ0n) is 21.7. The highest BCUT2D eigenvalue weighted by molar-refractivity contribution is 6.18. The predicted octanol–water partition coefficient (Wildman–Crippen LogP) is -5.80. The molecule has 2 saturated heterocycles. The summed E-state index contributed by atoms with van der Waals surface area (Å²) in [4.78, 5) is 42.3. The summed E-state index contributed by atoms with van der Waals surface area (Å²) < 4.78 is 13.4. The van der Waals surface area contributed by atoms with Crippen molar-refractivity contribution in [2.24, 2.45) is 22.2 Å². The lowest BCUT2D eigenvalue weighted by Gasteiger charge is -2.20. The summed E-state index contributed by atoms with van der Waals surface area (Å²) in [5.74, 6) is -0.181. The SMILES string of the molecule is NC1=Nc2c(ncn2[C@@H]2O[C@H](CO)[C@H](O)C2O)C(=O)C1N.NCc1nc2c(ncn2[C@@H]2O[C@H](CO)[C@H](O)C2O)c(=O)[nH]1. The first kappa shape index (κ1) is 29.8. The Morgan fingerprint density at radius 1 is 0.905 bits per heavy atom. The van der Waals surface area contributed by atoms with Gasteiger partial charge in [-0.1, -0.05) is 0 Å². The van der Waals surface area contributed by atoms with Gasteiger partial charge in [0.05, 0.1) is 32.4 Å². The van der Waals surface area contributed by atoms with Crippen LogP contribution in [0.25, 0.3) is 11.2 Å². The van der Waals surface area contributed by atoms with Gasteiger partial charge in [-0.25, -0.2) is 19.9 Å². The van der Waals surface area contributed by atoms with Crippen molar-refractivity contribution in [2.75, 3.05) is 13.2 Å². The molecule has 0 aliphatic carbocycles. The summed E-state index contributed by atoms with van der Waals surface area (Å²) in [5, 5.41) is 57.7. The van der Waals surface area contributed by atoms with Crippen LogP contribution in [0.1, 0.15) is 28.8 Å². The van der Waals surface area contributed by atoms with E-state index in [4.69, 9.17) is 36.9 Å². The maximum atomic E-state index is 12.0. The topological polar surface area (TPSA) is 329 Å². The highest BCUT2D eigenvalue weighted by Crippen LogP contribution is 2.35. The Morgan fingerprint density at radius 3 is 2.02 bits per heavy atom. The number of aromatic amines is 1. The Bertz CT molecular complexity index is 1550. The van der Waals surface area contributed by atoms with Crippen LogP contribution in [0.5, 0.6) is 0 Å². The lowest BCUT2D eigenvalue weighted by molar-refractivity contribution is -0.0520. The standard InChI is InChI=1S/2C11H15N5O5/c12-1-5-14-9-6(10(20)15-5)13-3-16(9)11-8(19)7(18)4(2-17)21-11;12-4-7(19)5-10(15-9(4)13)16(2-14-5)11-8(20)6(18)3(1-17)21-11/h3-4,7-8,11,17-19H,1-2,12H2,(H,14,15,20);2-4,6,8,11,17-18,20H,1,12H2,(H2,13,15)/t4-,7+,8?,11-;3-,4?,6+,8?,11-/m11/s1. The van der Waals surface area contributed by atoms with Gasteiger partial charge in [-0.05, 0) is 0 Å². The van der Waals surface area contributed by atoms with Crippen molar-refractivity contribution in [3.8, 4) is 0 Å². The van der Waals surface area contributed by atoms with E-state index in [1.54, 1.807) is 0 Å². The molecule has 3 aromatic rings. The van der Waals surface area contributed by atoms with Crippen molar-refractivity contribution in [3.63, 3.8) is 0 Å². The van der Waals surface area contributed by atoms with E-state index in [1.165, 1.54) is 21.8 Å². The lowest BCUT2D eigenvalue weighted by Crippen LogP contribution is -2.45. The fourth-order valence-corrected chi connectivity index (χ4v) is 4.77. The minimum absolute atomic E-state index is 0.0226. The molecule has 3 aliphatic rings. The van der Waals surface area contributed by atoms with E-state index < -0.39 is 79.7 Å². The molecule has 3 aromatic heterocycles. The summed E-state index contributed by atoms with van der Waals surface area (Å²) in [6.45, 7) is -0.865. The smallest absolute Gasteiger partial charge is 0.279 e. The summed E-state index contributed by atoms with van der Waals surface area (Å²) in [6, 6.07) is -1.05. The molecule has 0 saturated carbocycles. The second-order valence-corrected chi connectivity index (χ2v) is 9.70. The fraction of sp³-hybridized carbons (Fsp3) is 0.545. The molecule has 0 spiro atoms. The van der Waals surface area contributed by atoms with Crippen molar-refractivity contribution in [1.82, 2.24) is 29.1 Å². The van der Waals surface area contributed by atoms with E-state index in [9.17, 15) is 30.0 Å². The first-order valence-electron chi connectivity index (χ1n) is 12.6. The molecule has 3 aliphatic heterocycles. The van der Waals surface area contributed by atoms with Crippen LogP contribution in [-0.2, 0) is 16.0 Å². The third-order valence-electron chi connectivity index (χ3n) is 7.09. The maximum absolute atomic E-state index is 12.0. The molecule has 20 heteroatoms. The van der Waals surface area contributed by atoms with Crippen molar-refractivity contribution in [2.45, 2.75) is 61.7 Å². The van der Waals surface area contributed by atoms with E-state index in [0.717, 1.165) is 0 Å². The van der Waals surface area contributed by atoms with Gasteiger partial charge in [0.15, 0.2) is 35.1 Å². The van der Waals surface area contributed by atoms with E-state index >= 15 is 0 Å². The van der Waals surface area contributed by atoms with Crippen LogP contribution in [0.2, 0.25) is 0 Å². The number of nitrogens with zero attached hydrogens (tertiary/aromatic N) is 6. The van der Waals surface area contributed by atoms with Crippen LogP contribution >= 0.6 is 0 Å². The van der Waals surface area contributed by atoms with Crippen LogP contribution < -0.4 is 22.8 Å². The van der Waals surface area contributed by atoms with Crippen LogP contribution in [-0.4, -0.2) is 127 Å². The number of H-pyrrole nitrogens is 1. The Kier molecular flexibility index (Phi) is 8.17. The minimum Gasteiger partial charge on any atom is -0.394 e. The van der Waals surface area contributed by atoms with Gasteiger partial charge in [-0.2, -0.15) is 0 Å². The summed E-state index contributed by atoms with van der Waals surface area (Å²) in [5.41, 5.74) is 16.5. The normalized spacial score (nSPS) is 32.5. The number of aliphatic hydroxyl groups excluding tert-OH is 6. The first-order valence-corrected chi connectivity index (χ1v) is 12.6. The van der Waals surface area contributed by atoms with Crippen molar-refractivity contribution in [1.29, 1.82) is 0 Å². The molecule has 6 heterocycles. The molecule has 3 unspecified atom stereocenters. The molecule has 0 aromatic carbocycles. The third-order valence-corrected chi connectivity index (χ3v) is 7.09. The Balaban J connectivity index is 0.000000168. The zero-order valence-corrected chi connectivity index (χ0v) is 21.7. The second kappa shape index (κ2) is 11.5. The van der Waals surface area contributed by atoms with Gasteiger partial charge in [-0.3, -0.25) is 18.7 Å². The quantitative estimate of drug-likeness (QED) is 0.131. The average Bonchev–Trinajstić information content (AvgIpc) is 3.73. The highest BCUT2D eigenvalue weighted by Gasteiger charge is 2.46. The van der Waals surface area contributed by atoms with Crippen LogP contribution in [0.15, 0.2) is 22.4 Å². The number of carbonyl (C=O) groups excluding carboxylic acids is 1. The number of aliphatic imine (C=N–C) groups is 1. The number of ketones is 1. The molecular weight excluding hydrogens is 564 g/mol. The number of nitrogens with two attached hydrogens (primary N) is 3. The largest absolute Gasteiger partial charge is 0.394 e. The zero-order chi connectivity index (χ0) is 30.5. The third kappa shape index (κ3) is 4.88. The number of rotatable bonds is 5. The molecule has 0 radical (unpaired) electrons. The van der Waals surface area contributed by atoms with E-state index in [2.05, 4.69) is 24.9 Å². The monoisotopic (exact) mass is 594 g/mol. The van der Waals surface area contributed by atoms with Crippen molar-refractivity contribution < 1.29 is 44.9 Å². The maximum Gasteiger partial charge on any atom is 0.279 e. The Labute approximate surface area is 234 Å². The van der Waals surface area contributed by atoms with Gasteiger partial charge in [-0.15, -0.1) is 0 Å². The summed E-state index contributed by atoms with van der Waals surface area (Å²) in [7, 11) is 0. The van der Waals surface area contributed by atoms with Gasteiger partial charge in [0.25, 0.3) is 5.56 Å². The number of hydrogen-bond donors (Lipinski definition) is 10. The van der Waals surface area contributed by atoms with Crippen molar-refractivity contribution in [3.05, 3.63) is 34.5 Å². The Hall–Kier alpha value is -3.70.